The van der Waals surface area contributed by atoms with Crippen molar-refractivity contribution in [2.24, 2.45) is 0 Å². The van der Waals surface area contributed by atoms with Crippen LogP contribution >= 0.6 is 11.8 Å². The zero-order valence-corrected chi connectivity index (χ0v) is 28.9. The van der Waals surface area contributed by atoms with Crippen LogP contribution < -0.4 is 0 Å². The van der Waals surface area contributed by atoms with E-state index in [-0.39, 0.29) is 25.8 Å². The Labute approximate surface area is 300 Å². The Morgan fingerprint density at radius 1 is 0.673 bits per heavy atom. The van der Waals surface area contributed by atoms with Crippen LogP contribution in [0, 0.1) is 12.1 Å². The molecular formula is C42H27FN4PdS. The van der Waals surface area contributed by atoms with Gasteiger partial charge in [-0.3, -0.25) is 4.98 Å². The van der Waals surface area contributed by atoms with E-state index in [1.807, 2.05) is 59.3 Å². The third kappa shape index (κ3) is 4.39. The maximum Gasteiger partial charge on any atom is 2.00 e. The van der Waals surface area contributed by atoms with Crippen LogP contribution in [0.1, 0.15) is 42.3 Å². The summed E-state index contributed by atoms with van der Waals surface area (Å²) in [6, 6.07) is 42.0. The molecule has 0 amide bonds. The molecule has 5 heterocycles. The van der Waals surface area contributed by atoms with Crippen LogP contribution in [0.15, 0.2) is 132 Å². The number of aromatic nitrogens is 4. The number of hydrogen-bond donors (Lipinski definition) is 0. The van der Waals surface area contributed by atoms with Gasteiger partial charge in [0.15, 0.2) is 0 Å². The molecule has 4 nitrogen and oxygen atoms in total. The third-order valence-corrected chi connectivity index (χ3v) is 11.1. The van der Waals surface area contributed by atoms with Gasteiger partial charge in [0.05, 0.1) is 11.2 Å². The number of imidazole rings is 1. The van der Waals surface area contributed by atoms with Crippen LogP contribution in [0.5, 0.6) is 0 Å². The second-order valence-electron chi connectivity index (χ2n) is 13.0. The Kier molecular flexibility index (Phi) is 6.87. The molecular weight excluding hydrogens is 718 g/mol. The molecule has 1 aliphatic heterocycles. The summed E-state index contributed by atoms with van der Waals surface area (Å²) in [4.78, 5) is 12.0. The summed E-state index contributed by atoms with van der Waals surface area (Å²) in [7, 11) is 0. The van der Waals surface area contributed by atoms with E-state index in [0.717, 1.165) is 54.9 Å². The fourth-order valence-electron chi connectivity index (χ4n) is 7.59. The summed E-state index contributed by atoms with van der Waals surface area (Å²) >= 11 is 1.81. The zero-order chi connectivity index (χ0) is 32.1. The Bertz CT molecular complexity index is 2780. The summed E-state index contributed by atoms with van der Waals surface area (Å²) in [5.41, 5.74) is 7.79. The fourth-order valence-corrected chi connectivity index (χ4v) is 9.01. The third-order valence-electron chi connectivity index (χ3n) is 9.96. The number of alkyl halides is 1. The monoisotopic (exact) mass is 744 g/mol. The van der Waals surface area contributed by atoms with E-state index in [4.69, 9.17) is 4.98 Å². The molecule has 0 radical (unpaired) electrons. The molecule has 0 spiro atoms. The van der Waals surface area contributed by atoms with Crippen molar-refractivity contribution in [3.63, 3.8) is 0 Å². The molecule has 238 valence electrons. The molecule has 1 unspecified atom stereocenters. The number of rotatable bonds is 3. The van der Waals surface area contributed by atoms with E-state index >= 15 is 4.39 Å². The van der Waals surface area contributed by atoms with Crippen molar-refractivity contribution in [3.05, 3.63) is 156 Å². The van der Waals surface area contributed by atoms with Crippen LogP contribution in [-0.2, 0) is 25.8 Å². The molecule has 0 bridgehead atoms. The van der Waals surface area contributed by atoms with Crippen LogP contribution in [-0.4, -0.2) is 18.9 Å². The summed E-state index contributed by atoms with van der Waals surface area (Å²) in [5.74, 6) is 0. The molecule has 0 saturated carbocycles. The topological polar surface area (TPSA) is 35.1 Å². The number of hydrogen-bond acceptors (Lipinski definition) is 3. The Morgan fingerprint density at radius 2 is 1.47 bits per heavy atom. The molecule has 0 aliphatic carbocycles. The molecule has 1 atom stereocenters. The molecule has 0 fully saturated rings. The van der Waals surface area contributed by atoms with E-state index < -0.39 is 6.17 Å². The quantitative estimate of drug-likeness (QED) is 0.103. The first-order valence-electron chi connectivity index (χ1n) is 16.0. The Morgan fingerprint density at radius 3 is 2.39 bits per heavy atom. The largest absolute Gasteiger partial charge is 2.00 e. The average molecular weight is 745 g/mol. The summed E-state index contributed by atoms with van der Waals surface area (Å²) in [5, 5.41) is 5.06. The Hall–Kier alpha value is -4.80. The second kappa shape index (κ2) is 11.1. The molecule has 4 aromatic heterocycles. The minimum atomic E-state index is -1.43. The van der Waals surface area contributed by atoms with Gasteiger partial charge in [0, 0.05) is 50.1 Å². The van der Waals surface area contributed by atoms with Gasteiger partial charge in [0.25, 0.3) is 0 Å². The minimum absolute atomic E-state index is 0. The van der Waals surface area contributed by atoms with Crippen LogP contribution in [0.25, 0.3) is 54.9 Å². The maximum absolute atomic E-state index is 16.6. The van der Waals surface area contributed by atoms with Crippen molar-refractivity contribution in [2.75, 3.05) is 0 Å². The van der Waals surface area contributed by atoms with Gasteiger partial charge in [-0.25, -0.2) is 9.37 Å². The molecule has 5 aromatic carbocycles. The first kappa shape index (κ1) is 30.3. The minimum Gasteiger partial charge on any atom is -0.340 e. The number of para-hydroxylation sites is 1. The first-order chi connectivity index (χ1) is 23.5. The maximum atomic E-state index is 16.6. The summed E-state index contributed by atoms with van der Waals surface area (Å²) in [6.45, 7) is 4.60. The van der Waals surface area contributed by atoms with Gasteiger partial charge in [-0.2, -0.15) is 18.2 Å². The van der Waals surface area contributed by atoms with Crippen LogP contribution in [0.2, 0.25) is 0 Å². The molecule has 9 aromatic rings. The molecule has 10 rings (SSSR count). The number of halogens is 1. The van der Waals surface area contributed by atoms with Gasteiger partial charge >= 0.3 is 20.4 Å². The van der Waals surface area contributed by atoms with Gasteiger partial charge in [0.2, 0.25) is 0 Å². The normalized spacial score (nSPS) is 14.3. The van der Waals surface area contributed by atoms with Crippen molar-refractivity contribution in [3.8, 4) is 5.69 Å². The van der Waals surface area contributed by atoms with Crippen LogP contribution in [0.3, 0.4) is 0 Å². The first-order valence-corrected chi connectivity index (χ1v) is 16.9. The predicted octanol–water partition coefficient (Wildman–Crippen LogP) is 10.6. The van der Waals surface area contributed by atoms with E-state index in [2.05, 4.69) is 90.1 Å². The van der Waals surface area contributed by atoms with Gasteiger partial charge in [0.1, 0.15) is 11.8 Å². The predicted molar refractivity (Wildman–Crippen MR) is 192 cm³/mol. The fraction of sp³-hybridized carbons (Fsp3) is 0.0952. The van der Waals surface area contributed by atoms with Crippen molar-refractivity contribution in [1.29, 1.82) is 0 Å². The van der Waals surface area contributed by atoms with Gasteiger partial charge in [-0.1, -0.05) is 84.0 Å². The standard InChI is InChI=1S/C42H27FN4S.Pd/c1-42(2)33-13-4-6-15-37(33)48-38-24-36-31(23-34(38)42)30-12-8-18-44-41(30)47(36)27-10-7-9-25(21-27)39(43)26-16-17-28-29-11-3-5-14-35(29)46-20-19-45-40(46)32(28)22-26;/h3-20,23-24,39H,1-2H3;/q-2;+2. The van der Waals surface area contributed by atoms with E-state index in [0.29, 0.717) is 11.1 Å². The molecule has 49 heavy (non-hydrogen) atoms. The molecule has 0 N–H and O–H groups in total. The molecule has 7 heteroatoms. The zero-order valence-electron chi connectivity index (χ0n) is 26.5. The van der Waals surface area contributed by atoms with Crippen molar-refractivity contribution >= 4 is 61.0 Å². The molecule has 1 aliphatic rings. The number of pyridine rings is 2. The van der Waals surface area contributed by atoms with Crippen molar-refractivity contribution in [1.82, 2.24) is 18.9 Å². The number of benzene rings is 5. The average Bonchev–Trinajstić information content (AvgIpc) is 3.74. The van der Waals surface area contributed by atoms with E-state index in [9.17, 15) is 0 Å². The van der Waals surface area contributed by atoms with Crippen LogP contribution in [0.4, 0.5) is 4.39 Å². The Balaban J connectivity index is 0.00000325. The summed E-state index contributed by atoms with van der Waals surface area (Å²) in [6.07, 6.45) is 4.10. The van der Waals surface area contributed by atoms with Crippen molar-refractivity contribution < 1.29 is 24.8 Å². The number of fused-ring (bicyclic) bond motifs is 11. The summed E-state index contributed by atoms with van der Waals surface area (Å²) < 4.78 is 20.8. The van der Waals surface area contributed by atoms with Gasteiger partial charge < -0.3 is 8.97 Å². The number of nitrogens with zero attached hydrogens (tertiary/aromatic N) is 4. The van der Waals surface area contributed by atoms with Gasteiger partial charge in [-0.15, -0.1) is 29.8 Å². The van der Waals surface area contributed by atoms with E-state index in [1.165, 1.54) is 20.9 Å². The SMILES string of the molecule is CC1(C)c2ccccc2Sc2cc3c(cc21)c1cccnc1n3-c1[c-]c(C(F)c2[c-]c3c(cc2)c2ccccc2n2ccnc32)ccc1.[Pd+2]. The molecule has 0 saturated heterocycles. The van der Waals surface area contributed by atoms with E-state index in [1.54, 1.807) is 24.0 Å². The van der Waals surface area contributed by atoms with Crippen molar-refractivity contribution in [2.45, 2.75) is 35.2 Å². The second-order valence-corrected chi connectivity index (χ2v) is 14.1. The van der Waals surface area contributed by atoms with Gasteiger partial charge in [-0.05, 0) is 52.9 Å². The smallest absolute Gasteiger partial charge is 0.340 e.